The summed E-state index contributed by atoms with van der Waals surface area (Å²) in [5.74, 6) is -0.493. The lowest BCUT2D eigenvalue weighted by atomic mass is 10.1. The molecule has 0 aliphatic rings. The first kappa shape index (κ1) is 32.0. The number of nitrogens with one attached hydrogen (secondary N) is 1. The molecule has 0 aliphatic carbocycles. The van der Waals surface area contributed by atoms with E-state index in [1.54, 1.807) is 25.1 Å². The van der Waals surface area contributed by atoms with Crippen LogP contribution in [0.2, 0.25) is 5.02 Å². The molecule has 0 saturated carbocycles. The average molecular weight is 600 g/mol. The van der Waals surface area contributed by atoms with Crippen LogP contribution in [0.15, 0.2) is 71.6 Å². The van der Waals surface area contributed by atoms with Crippen LogP contribution in [0.25, 0.3) is 0 Å². The molecular formula is C31H38ClN3O5S. The van der Waals surface area contributed by atoms with Crippen molar-refractivity contribution >= 4 is 39.1 Å². The maximum atomic E-state index is 14.0. The van der Waals surface area contributed by atoms with Gasteiger partial charge in [-0.2, -0.15) is 0 Å². The SMILES string of the molecule is CC[C@@H](C)NC(=O)[C@@H](C)N(Cc1cccc(C)c1)C(=O)CN(c1ccc(OC)c(Cl)c1)S(=O)(=O)c1ccc(C)cc1. The summed E-state index contributed by atoms with van der Waals surface area (Å²) in [6.45, 7) is 8.87. The normalized spacial score (nSPS) is 12.8. The molecule has 1 N–H and O–H groups in total. The fourth-order valence-corrected chi connectivity index (χ4v) is 5.89. The lowest BCUT2D eigenvalue weighted by Gasteiger charge is -2.32. The number of aryl methyl sites for hydroxylation is 2. The molecule has 0 unspecified atom stereocenters. The molecule has 8 nitrogen and oxygen atoms in total. The summed E-state index contributed by atoms with van der Waals surface area (Å²) >= 11 is 6.37. The number of carbonyl (C=O) groups excluding carboxylic acids is 2. The van der Waals surface area contributed by atoms with Gasteiger partial charge in [-0.15, -0.1) is 0 Å². The van der Waals surface area contributed by atoms with E-state index in [1.165, 1.54) is 36.3 Å². The van der Waals surface area contributed by atoms with Crippen LogP contribution in [0, 0.1) is 13.8 Å². The van der Waals surface area contributed by atoms with E-state index < -0.39 is 28.5 Å². The van der Waals surface area contributed by atoms with Crippen molar-refractivity contribution in [2.24, 2.45) is 0 Å². The Balaban J connectivity index is 2.06. The summed E-state index contributed by atoms with van der Waals surface area (Å²) in [6.07, 6.45) is 0.727. The second-order valence-electron chi connectivity index (χ2n) is 10.1. The number of amides is 2. The van der Waals surface area contributed by atoms with E-state index in [0.717, 1.165) is 27.4 Å². The Morgan fingerprint density at radius 1 is 0.976 bits per heavy atom. The van der Waals surface area contributed by atoms with Crippen molar-refractivity contribution in [3.05, 3.63) is 88.4 Å². The Hall–Kier alpha value is -3.56. The van der Waals surface area contributed by atoms with Crippen LogP contribution in [0.5, 0.6) is 5.75 Å². The van der Waals surface area contributed by atoms with Gasteiger partial charge in [0.15, 0.2) is 0 Å². The number of carbonyl (C=O) groups is 2. The molecular weight excluding hydrogens is 562 g/mol. The van der Waals surface area contributed by atoms with Gasteiger partial charge in [0, 0.05) is 12.6 Å². The quantitative estimate of drug-likeness (QED) is 0.297. The first-order valence-corrected chi connectivity index (χ1v) is 15.3. The fraction of sp³-hybridized carbons (Fsp3) is 0.355. The zero-order valence-corrected chi connectivity index (χ0v) is 25.9. The summed E-state index contributed by atoms with van der Waals surface area (Å²) in [6, 6.07) is 17.6. The van der Waals surface area contributed by atoms with Gasteiger partial charge in [-0.1, -0.05) is 66.0 Å². The van der Waals surface area contributed by atoms with Crippen LogP contribution >= 0.6 is 11.6 Å². The van der Waals surface area contributed by atoms with Crippen LogP contribution in [0.4, 0.5) is 5.69 Å². The Morgan fingerprint density at radius 2 is 1.66 bits per heavy atom. The van der Waals surface area contributed by atoms with E-state index in [2.05, 4.69) is 5.32 Å². The predicted octanol–water partition coefficient (Wildman–Crippen LogP) is 5.49. The van der Waals surface area contributed by atoms with Gasteiger partial charge in [-0.3, -0.25) is 13.9 Å². The van der Waals surface area contributed by atoms with Gasteiger partial charge in [0.1, 0.15) is 18.3 Å². The number of sulfonamides is 1. The zero-order valence-electron chi connectivity index (χ0n) is 24.3. The zero-order chi connectivity index (χ0) is 30.3. The molecule has 41 heavy (non-hydrogen) atoms. The van der Waals surface area contributed by atoms with Gasteiger partial charge in [-0.25, -0.2) is 8.42 Å². The lowest BCUT2D eigenvalue weighted by Crippen LogP contribution is -2.52. The second kappa shape index (κ2) is 13.9. The van der Waals surface area contributed by atoms with Crippen molar-refractivity contribution in [1.82, 2.24) is 10.2 Å². The van der Waals surface area contributed by atoms with Gasteiger partial charge in [0.05, 0.1) is 22.7 Å². The number of ether oxygens (including phenoxy) is 1. The predicted molar refractivity (Wildman–Crippen MR) is 163 cm³/mol. The van der Waals surface area contributed by atoms with Crippen molar-refractivity contribution < 1.29 is 22.7 Å². The first-order chi connectivity index (χ1) is 19.4. The average Bonchev–Trinajstić information content (AvgIpc) is 2.94. The van der Waals surface area contributed by atoms with Crippen molar-refractivity contribution in [3.8, 4) is 5.75 Å². The number of rotatable bonds is 12. The summed E-state index contributed by atoms with van der Waals surface area (Å²) < 4.78 is 34.2. The number of hydrogen-bond acceptors (Lipinski definition) is 5. The van der Waals surface area contributed by atoms with Crippen LogP contribution < -0.4 is 14.4 Å². The van der Waals surface area contributed by atoms with Gasteiger partial charge in [-0.05, 0) is 70.0 Å². The molecule has 0 saturated heterocycles. The topological polar surface area (TPSA) is 96.0 Å². The number of nitrogens with zero attached hydrogens (tertiary/aromatic N) is 2. The second-order valence-corrected chi connectivity index (χ2v) is 12.4. The Morgan fingerprint density at radius 3 is 2.24 bits per heavy atom. The first-order valence-electron chi connectivity index (χ1n) is 13.5. The molecule has 2 atom stereocenters. The van der Waals surface area contributed by atoms with Crippen LogP contribution in [0.3, 0.4) is 0 Å². The summed E-state index contributed by atoms with van der Waals surface area (Å²) in [5, 5.41) is 3.13. The van der Waals surface area contributed by atoms with E-state index in [-0.39, 0.29) is 34.1 Å². The van der Waals surface area contributed by atoms with Crippen LogP contribution in [-0.4, -0.2) is 50.9 Å². The van der Waals surface area contributed by atoms with Gasteiger partial charge < -0.3 is 15.0 Å². The van der Waals surface area contributed by atoms with Crippen molar-refractivity contribution in [2.75, 3.05) is 18.0 Å². The Labute approximate surface area is 248 Å². The number of anilines is 1. The molecule has 3 aromatic carbocycles. The minimum absolute atomic E-state index is 0.0237. The van der Waals surface area contributed by atoms with Crippen LogP contribution in [-0.2, 0) is 26.2 Å². The molecule has 3 rings (SSSR count). The third-order valence-corrected chi connectivity index (χ3v) is 9.00. The smallest absolute Gasteiger partial charge is 0.264 e. The number of halogens is 1. The third-order valence-electron chi connectivity index (χ3n) is 6.91. The number of hydrogen-bond donors (Lipinski definition) is 1. The third kappa shape index (κ3) is 8.01. The molecule has 0 radical (unpaired) electrons. The molecule has 3 aromatic rings. The van der Waals surface area contributed by atoms with Gasteiger partial charge in [0.25, 0.3) is 10.0 Å². The molecule has 0 spiro atoms. The van der Waals surface area contributed by atoms with Crippen molar-refractivity contribution in [3.63, 3.8) is 0 Å². The monoisotopic (exact) mass is 599 g/mol. The minimum Gasteiger partial charge on any atom is -0.495 e. The lowest BCUT2D eigenvalue weighted by molar-refractivity contribution is -0.139. The van der Waals surface area contributed by atoms with Crippen molar-refractivity contribution in [2.45, 2.75) is 64.6 Å². The molecule has 0 fully saturated rings. The van der Waals surface area contributed by atoms with E-state index in [4.69, 9.17) is 16.3 Å². The molecule has 10 heteroatoms. The Bertz CT molecular complexity index is 1480. The van der Waals surface area contributed by atoms with E-state index in [1.807, 2.05) is 52.0 Å². The Kier molecular flexibility index (Phi) is 10.8. The molecule has 0 aromatic heterocycles. The molecule has 0 heterocycles. The van der Waals surface area contributed by atoms with Crippen molar-refractivity contribution in [1.29, 1.82) is 0 Å². The largest absolute Gasteiger partial charge is 0.495 e. The molecule has 2 amide bonds. The van der Waals surface area contributed by atoms with Gasteiger partial charge >= 0.3 is 0 Å². The molecule has 0 bridgehead atoms. The van der Waals surface area contributed by atoms with Crippen LogP contribution in [0.1, 0.15) is 43.9 Å². The molecule has 220 valence electrons. The number of methoxy groups -OCH3 is 1. The summed E-state index contributed by atoms with van der Waals surface area (Å²) in [4.78, 5) is 28.6. The standard InChI is InChI=1S/C31H38ClN3O5S/c1-7-23(4)33-31(37)24(5)34(19-25-10-8-9-22(3)17-25)30(36)20-35(26-13-16-29(40-6)28(32)18-26)41(38,39)27-14-11-21(2)12-15-27/h8-18,23-24H,7,19-20H2,1-6H3,(H,33,37)/t23-,24-/m1/s1. The number of benzene rings is 3. The maximum absolute atomic E-state index is 14.0. The van der Waals surface area contributed by atoms with E-state index >= 15 is 0 Å². The summed E-state index contributed by atoms with van der Waals surface area (Å²) in [5.41, 5.74) is 2.91. The highest BCUT2D eigenvalue weighted by atomic mass is 35.5. The maximum Gasteiger partial charge on any atom is 0.264 e. The minimum atomic E-state index is -4.20. The van der Waals surface area contributed by atoms with E-state index in [9.17, 15) is 18.0 Å². The highest BCUT2D eigenvalue weighted by Gasteiger charge is 2.33. The highest BCUT2D eigenvalue weighted by molar-refractivity contribution is 7.92. The highest BCUT2D eigenvalue weighted by Crippen LogP contribution is 2.32. The summed E-state index contributed by atoms with van der Waals surface area (Å²) in [7, 11) is -2.74. The van der Waals surface area contributed by atoms with E-state index in [0.29, 0.717) is 5.75 Å². The van der Waals surface area contributed by atoms with Gasteiger partial charge in [0.2, 0.25) is 11.8 Å². The fourth-order valence-electron chi connectivity index (χ4n) is 4.23. The molecule has 0 aliphatic heterocycles.